The summed E-state index contributed by atoms with van der Waals surface area (Å²) in [6.45, 7) is 2.65. The van der Waals surface area contributed by atoms with Gasteiger partial charge in [0, 0.05) is 18.8 Å². The van der Waals surface area contributed by atoms with E-state index >= 15 is 0 Å². The molecular formula is C19H23FN4O3. The Bertz CT molecular complexity index is 933. The fourth-order valence-corrected chi connectivity index (χ4v) is 3.72. The van der Waals surface area contributed by atoms with Crippen LogP contribution in [0.25, 0.3) is 11.0 Å². The molecule has 2 aromatic rings. The van der Waals surface area contributed by atoms with E-state index in [1.165, 1.54) is 6.20 Å². The number of hydrogen-bond acceptors (Lipinski definition) is 5. The number of carbonyl (C=O) groups is 1. The van der Waals surface area contributed by atoms with Crippen molar-refractivity contribution in [1.82, 2.24) is 14.9 Å². The molecule has 2 fully saturated rings. The fourth-order valence-electron chi connectivity index (χ4n) is 3.72. The lowest BCUT2D eigenvalue weighted by molar-refractivity contribution is 0.0695. The number of halogens is 1. The molecule has 3 heterocycles. The minimum Gasteiger partial charge on any atom is -0.477 e. The molecule has 0 bridgehead atoms. The molecule has 0 radical (unpaired) electrons. The maximum atomic E-state index is 14.5. The second-order valence-corrected chi connectivity index (χ2v) is 7.41. The summed E-state index contributed by atoms with van der Waals surface area (Å²) in [4.78, 5) is 28.1. The van der Waals surface area contributed by atoms with Gasteiger partial charge in [-0.3, -0.25) is 4.79 Å². The topological polar surface area (TPSA) is 96.2 Å². The Labute approximate surface area is 155 Å². The van der Waals surface area contributed by atoms with E-state index in [2.05, 4.69) is 15.6 Å². The Morgan fingerprint density at radius 1 is 1.33 bits per heavy atom. The van der Waals surface area contributed by atoms with Crippen LogP contribution in [0.4, 0.5) is 10.2 Å². The van der Waals surface area contributed by atoms with E-state index in [4.69, 9.17) is 0 Å². The molecule has 7 nitrogen and oxygen atoms in total. The first-order chi connectivity index (χ1) is 13.0. The van der Waals surface area contributed by atoms with Gasteiger partial charge in [0.15, 0.2) is 11.6 Å². The molecule has 0 unspecified atom stereocenters. The van der Waals surface area contributed by atoms with Crippen LogP contribution in [0.3, 0.4) is 0 Å². The number of aromatic nitrogens is 2. The zero-order chi connectivity index (χ0) is 19.0. The first-order valence-corrected chi connectivity index (χ1v) is 9.48. The van der Waals surface area contributed by atoms with Crippen LogP contribution in [0.1, 0.15) is 48.5 Å². The predicted octanol–water partition coefficient (Wildman–Crippen LogP) is 2.37. The monoisotopic (exact) mass is 374 g/mol. The number of piperidine rings is 1. The molecule has 27 heavy (non-hydrogen) atoms. The van der Waals surface area contributed by atoms with Gasteiger partial charge in [0.05, 0.1) is 5.39 Å². The molecule has 0 atom stereocenters. The lowest BCUT2D eigenvalue weighted by atomic mass is 9.95. The number of pyridine rings is 2. The maximum absolute atomic E-state index is 14.5. The van der Waals surface area contributed by atoms with E-state index in [0.717, 1.165) is 51.3 Å². The van der Waals surface area contributed by atoms with Crippen LogP contribution in [-0.4, -0.2) is 40.3 Å². The maximum Gasteiger partial charge on any atom is 0.341 e. The third-order valence-electron chi connectivity index (χ3n) is 5.43. The van der Waals surface area contributed by atoms with Gasteiger partial charge >= 0.3 is 5.97 Å². The molecule has 1 saturated carbocycles. The predicted molar refractivity (Wildman–Crippen MR) is 99.9 cm³/mol. The Hall–Kier alpha value is -2.48. The Morgan fingerprint density at radius 3 is 2.74 bits per heavy atom. The van der Waals surface area contributed by atoms with Crippen molar-refractivity contribution < 1.29 is 14.3 Å². The van der Waals surface area contributed by atoms with Crippen molar-refractivity contribution in [3.05, 3.63) is 33.9 Å². The first kappa shape index (κ1) is 17.9. The number of carboxylic acid groups (broad SMARTS) is 1. The van der Waals surface area contributed by atoms with Gasteiger partial charge in [-0.2, -0.15) is 0 Å². The normalized spacial score (nSPS) is 18.0. The first-order valence-electron chi connectivity index (χ1n) is 9.48. The third-order valence-corrected chi connectivity index (χ3v) is 5.43. The van der Waals surface area contributed by atoms with Crippen LogP contribution in [0, 0.1) is 11.7 Å². The molecule has 3 N–H and O–H groups in total. The Kier molecular flexibility index (Phi) is 4.82. The number of aromatic carboxylic acids is 1. The molecule has 1 aliphatic heterocycles. The van der Waals surface area contributed by atoms with Crippen LogP contribution in [-0.2, 0) is 0 Å². The summed E-state index contributed by atoms with van der Waals surface area (Å²) in [5.74, 6) is -1.20. The van der Waals surface area contributed by atoms with E-state index in [9.17, 15) is 19.1 Å². The van der Waals surface area contributed by atoms with E-state index in [-0.39, 0.29) is 22.8 Å². The molecule has 2 aliphatic rings. The van der Waals surface area contributed by atoms with Crippen LogP contribution >= 0.6 is 0 Å². The van der Waals surface area contributed by atoms with E-state index < -0.39 is 17.2 Å². The van der Waals surface area contributed by atoms with Crippen molar-refractivity contribution in [3.63, 3.8) is 0 Å². The highest BCUT2D eigenvalue weighted by molar-refractivity contribution is 5.92. The highest BCUT2D eigenvalue weighted by Gasteiger charge is 2.28. The van der Waals surface area contributed by atoms with E-state index in [1.807, 2.05) is 0 Å². The highest BCUT2D eigenvalue weighted by atomic mass is 19.1. The third kappa shape index (κ3) is 3.66. The number of nitrogens with one attached hydrogen (secondary N) is 2. The van der Waals surface area contributed by atoms with Gasteiger partial charge in [-0.25, -0.2) is 14.2 Å². The quantitative estimate of drug-likeness (QED) is 0.718. The van der Waals surface area contributed by atoms with Crippen molar-refractivity contribution in [2.24, 2.45) is 5.92 Å². The molecule has 2 aromatic heterocycles. The van der Waals surface area contributed by atoms with Gasteiger partial charge in [-0.15, -0.1) is 0 Å². The van der Waals surface area contributed by atoms with Gasteiger partial charge in [0.25, 0.3) is 0 Å². The smallest absolute Gasteiger partial charge is 0.341 e. The Morgan fingerprint density at radius 2 is 2.07 bits per heavy atom. The Balaban J connectivity index is 1.63. The SMILES string of the molecule is O=C(O)c1cn(C2CC2)c2nc(NCCC3CCNCC3)c(F)cc2c1=O. The molecule has 0 amide bonds. The average Bonchev–Trinajstić information content (AvgIpc) is 3.49. The van der Waals surface area contributed by atoms with Crippen molar-refractivity contribution in [1.29, 1.82) is 0 Å². The van der Waals surface area contributed by atoms with Gasteiger partial charge < -0.3 is 20.3 Å². The minimum absolute atomic E-state index is 0.0169. The second kappa shape index (κ2) is 7.26. The van der Waals surface area contributed by atoms with Gasteiger partial charge in [-0.05, 0) is 57.2 Å². The van der Waals surface area contributed by atoms with Crippen molar-refractivity contribution in [2.45, 2.75) is 38.1 Å². The number of hydrogen-bond donors (Lipinski definition) is 3. The van der Waals surface area contributed by atoms with Crippen LogP contribution in [0.5, 0.6) is 0 Å². The van der Waals surface area contributed by atoms with Crippen molar-refractivity contribution in [2.75, 3.05) is 25.0 Å². The van der Waals surface area contributed by atoms with Crippen molar-refractivity contribution >= 4 is 22.8 Å². The molecule has 0 spiro atoms. The standard InChI is InChI=1S/C19H23FN4O3/c20-15-9-13-16(25)14(19(26)27)10-24(12-1-2-12)18(13)23-17(15)22-8-5-11-3-6-21-7-4-11/h9-12,21H,1-8H2,(H,22,23)(H,26,27). The van der Waals surface area contributed by atoms with E-state index in [0.29, 0.717) is 18.1 Å². The van der Waals surface area contributed by atoms with Crippen molar-refractivity contribution in [3.8, 4) is 0 Å². The number of anilines is 1. The zero-order valence-electron chi connectivity index (χ0n) is 15.0. The van der Waals surface area contributed by atoms with Gasteiger partial charge in [0.1, 0.15) is 11.2 Å². The summed E-state index contributed by atoms with van der Waals surface area (Å²) < 4.78 is 16.2. The lowest BCUT2D eigenvalue weighted by Crippen LogP contribution is -2.28. The zero-order valence-corrected chi connectivity index (χ0v) is 15.0. The molecular weight excluding hydrogens is 351 g/mol. The average molecular weight is 374 g/mol. The van der Waals surface area contributed by atoms with Gasteiger partial charge in [-0.1, -0.05) is 0 Å². The summed E-state index contributed by atoms with van der Waals surface area (Å²) in [5.41, 5.74) is -0.692. The molecule has 4 rings (SSSR count). The minimum atomic E-state index is -1.30. The largest absolute Gasteiger partial charge is 0.477 e. The molecule has 1 aliphatic carbocycles. The van der Waals surface area contributed by atoms with Crippen LogP contribution in [0.2, 0.25) is 0 Å². The molecule has 144 valence electrons. The van der Waals surface area contributed by atoms with E-state index in [1.54, 1.807) is 4.57 Å². The summed E-state index contributed by atoms with van der Waals surface area (Å²) >= 11 is 0. The fraction of sp³-hybridized carbons (Fsp3) is 0.526. The van der Waals surface area contributed by atoms with Gasteiger partial charge in [0.2, 0.25) is 5.43 Å². The summed E-state index contributed by atoms with van der Waals surface area (Å²) in [6.07, 6.45) is 6.31. The lowest BCUT2D eigenvalue weighted by Gasteiger charge is -2.22. The van der Waals surface area contributed by atoms with Crippen LogP contribution < -0.4 is 16.1 Å². The number of fused-ring (bicyclic) bond motifs is 1. The van der Waals surface area contributed by atoms with Crippen LogP contribution in [0.15, 0.2) is 17.1 Å². The molecule has 8 heteroatoms. The number of nitrogens with zero attached hydrogens (tertiary/aromatic N) is 2. The summed E-state index contributed by atoms with van der Waals surface area (Å²) in [5, 5.41) is 15.7. The highest BCUT2D eigenvalue weighted by Crippen LogP contribution is 2.37. The summed E-state index contributed by atoms with van der Waals surface area (Å²) in [6, 6.07) is 1.23. The molecule has 0 aromatic carbocycles. The number of carboxylic acids is 1. The second-order valence-electron chi connectivity index (χ2n) is 7.41. The summed E-state index contributed by atoms with van der Waals surface area (Å²) in [7, 11) is 0. The molecule has 1 saturated heterocycles. The number of rotatable bonds is 6.